The van der Waals surface area contributed by atoms with Crippen molar-refractivity contribution in [3.8, 4) is 5.69 Å². The van der Waals surface area contributed by atoms with Crippen LogP contribution in [0.1, 0.15) is 50.2 Å². The first-order valence-corrected chi connectivity index (χ1v) is 10.1. The van der Waals surface area contributed by atoms with Crippen molar-refractivity contribution in [1.29, 1.82) is 0 Å². The van der Waals surface area contributed by atoms with Crippen molar-refractivity contribution >= 4 is 5.71 Å². The van der Waals surface area contributed by atoms with Crippen LogP contribution in [0.25, 0.3) is 5.69 Å². The summed E-state index contributed by atoms with van der Waals surface area (Å²) in [5, 5.41) is 3.33. The Morgan fingerprint density at radius 3 is 2.69 bits per heavy atom. The molecule has 0 bridgehead atoms. The topological polar surface area (TPSA) is 46.4 Å². The van der Waals surface area contributed by atoms with Crippen LogP contribution in [0.3, 0.4) is 0 Å². The number of halogens is 1. The molecule has 1 heterocycles. The fourth-order valence-corrected chi connectivity index (χ4v) is 3.64. The molecule has 1 aliphatic carbocycles. The van der Waals surface area contributed by atoms with Crippen LogP contribution in [-0.4, -0.2) is 16.3 Å². The molecule has 0 radical (unpaired) electrons. The first-order valence-electron chi connectivity index (χ1n) is 10.1. The molecule has 0 saturated heterocycles. The van der Waals surface area contributed by atoms with E-state index in [9.17, 15) is 9.18 Å². The Kier molecular flexibility index (Phi) is 6.81. The highest BCUT2D eigenvalue weighted by atomic mass is 19.1. The van der Waals surface area contributed by atoms with Gasteiger partial charge in [0.05, 0.1) is 0 Å². The number of allylic oxidation sites excluding steroid dienone is 2. The van der Waals surface area contributed by atoms with E-state index in [1.165, 1.54) is 29.9 Å². The Labute approximate surface area is 171 Å². The first-order chi connectivity index (χ1) is 14.0. The van der Waals surface area contributed by atoms with E-state index in [-0.39, 0.29) is 11.3 Å². The van der Waals surface area contributed by atoms with Gasteiger partial charge in [0.2, 0.25) is 0 Å². The minimum atomic E-state index is -0.426. The molecular formula is C24H28FN3O. The van der Waals surface area contributed by atoms with Gasteiger partial charge < -0.3 is 5.32 Å². The van der Waals surface area contributed by atoms with E-state index in [0.717, 1.165) is 18.4 Å². The summed E-state index contributed by atoms with van der Waals surface area (Å²) in [6.07, 6.45) is 8.93. The van der Waals surface area contributed by atoms with Gasteiger partial charge in [0.15, 0.2) is 0 Å². The quantitative estimate of drug-likeness (QED) is 0.686. The average molecular weight is 394 g/mol. The first kappa shape index (κ1) is 20.8. The van der Waals surface area contributed by atoms with Gasteiger partial charge in [-0.2, -0.15) is 0 Å². The lowest BCUT2D eigenvalue weighted by Crippen LogP contribution is -2.29. The number of rotatable bonds is 6. The van der Waals surface area contributed by atoms with Crippen LogP contribution in [0.4, 0.5) is 4.39 Å². The van der Waals surface area contributed by atoms with E-state index < -0.39 is 5.83 Å². The van der Waals surface area contributed by atoms with Crippen LogP contribution in [0.2, 0.25) is 0 Å². The van der Waals surface area contributed by atoms with Crippen LogP contribution >= 0.6 is 0 Å². The fraction of sp³-hybridized carbons (Fsp3) is 0.333. The number of aryl methyl sites for hydroxylation is 1. The van der Waals surface area contributed by atoms with Crippen LogP contribution < -0.4 is 10.9 Å². The highest BCUT2D eigenvalue weighted by Gasteiger charge is 2.15. The molecule has 0 amide bonds. The summed E-state index contributed by atoms with van der Waals surface area (Å²) < 4.78 is 16.2. The maximum Gasteiger partial charge on any atom is 0.255 e. The number of nitrogens with zero attached hydrogens (tertiary/aromatic N) is 2. The molecule has 1 saturated carbocycles. The number of nitrogens with one attached hydrogen (secondary N) is 1. The summed E-state index contributed by atoms with van der Waals surface area (Å²) >= 11 is 0. The molecule has 0 atom stereocenters. The molecule has 1 aromatic carbocycles. The lowest BCUT2D eigenvalue weighted by molar-refractivity contribution is 0.396. The van der Waals surface area contributed by atoms with Gasteiger partial charge in [-0.3, -0.25) is 9.36 Å². The lowest BCUT2D eigenvalue weighted by Gasteiger charge is -2.23. The average Bonchev–Trinajstić information content (AvgIpc) is 2.72. The second-order valence-corrected chi connectivity index (χ2v) is 7.49. The standard InChI is InChI=1S/C24H28FN3O/c1-4-22(25)24(27-18(3)26-20-10-6-5-7-11-20)19-9-8-12-21(16-19)28-14-13-17(2)15-23(28)29/h4,8-9,12-16,20,26H,3,5-7,10-11H2,1-2H3/b22-4+,27-24-. The van der Waals surface area contributed by atoms with Crippen LogP contribution in [0, 0.1) is 6.92 Å². The van der Waals surface area contributed by atoms with E-state index in [1.54, 1.807) is 37.4 Å². The van der Waals surface area contributed by atoms with E-state index in [4.69, 9.17) is 0 Å². The minimum Gasteiger partial charge on any atom is -0.368 e. The fourth-order valence-electron chi connectivity index (χ4n) is 3.64. The van der Waals surface area contributed by atoms with Crippen molar-refractivity contribution in [3.05, 3.63) is 88.4 Å². The summed E-state index contributed by atoms with van der Waals surface area (Å²) in [6.45, 7) is 7.50. The summed E-state index contributed by atoms with van der Waals surface area (Å²) in [6, 6.07) is 11.0. The van der Waals surface area contributed by atoms with E-state index in [1.807, 2.05) is 19.1 Å². The molecule has 4 nitrogen and oxygen atoms in total. The molecule has 1 fully saturated rings. The zero-order valence-electron chi connectivity index (χ0n) is 17.1. The normalized spacial score (nSPS) is 16.0. The highest BCUT2D eigenvalue weighted by molar-refractivity contribution is 6.11. The van der Waals surface area contributed by atoms with Crippen molar-refractivity contribution in [2.75, 3.05) is 0 Å². The molecule has 1 N–H and O–H groups in total. The predicted octanol–water partition coefficient (Wildman–Crippen LogP) is 5.20. The number of pyridine rings is 1. The molecule has 0 spiro atoms. The zero-order chi connectivity index (χ0) is 20.8. The Morgan fingerprint density at radius 1 is 1.24 bits per heavy atom. The number of benzene rings is 1. The van der Waals surface area contributed by atoms with Gasteiger partial charge in [-0.1, -0.05) is 38.0 Å². The smallest absolute Gasteiger partial charge is 0.255 e. The van der Waals surface area contributed by atoms with Crippen molar-refractivity contribution in [2.24, 2.45) is 4.99 Å². The third kappa shape index (κ3) is 5.31. The summed E-state index contributed by atoms with van der Waals surface area (Å²) in [7, 11) is 0. The van der Waals surface area contributed by atoms with Gasteiger partial charge in [0.1, 0.15) is 17.4 Å². The summed E-state index contributed by atoms with van der Waals surface area (Å²) in [5.41, 5.74) is 2.24. The number of hydrogen-bond acceptors (Lipinski definition) is 3. The monoisotopic (exact) mass is 393 g/mol. The maximum absolute atomic E-state index is 14.7. The maximum atomic E-state index is 14.7. The lowest BCUT2D eigenvalue weighted by atomic mass is 9.96. The van der Waals surface area contributed by atoms with Crippen molar-refractivity contribution in [2.45, 2.75) is 52.0 Å². The molecule has 152 valence electrons. The molecular weight excluding hydrogens is 365 g/mol. The molecule has 2 aromatic rings. The Morgan fingerprint density at radius 2 is 2.00 bits per heavy atom. The van der Waals surface area contributed by atoms with E-state index in [0.29, 0.717) is 23.1 Å². The highest BCUT2D eigenvalue weighted by Crippen LogP contribution is 2.20. The third-order valence-corrected chi connectivity index (χ3v) is 5.18. The third-order valence-electron chi connectivity index (χ3n) is 5.18. The molecule has 29 heavy (non-hydrogen) atoms. The Bertz CT molecular complexity index is 997. The summed E-state index contributed by atoms with van der Waals surface area (Å²) in [5.74, 6) is 0.0341. The van der Waals surface area contributed by atoms with E-state index >= 15 is 0 Å². The van der Waals surface area contributed by atoms with Gasteiger partial charge in [-0.15, -0.1) is 0 Å². The van der Waals surface area contributed by atoms with Gasteiger partial charge in [-0.25, -0.2) is 9.38 Å². The van der Waals surface area contributed by atoms with Gasteiger partial charge in [0.25, 0.3) is 5.56 Å². The van der Waals surface area contributed by atoms with Crippen LogP contribution in [0.5, 0.6) is 0 Å². The van der Waals surface area contributed by atoms with Crippen LogP contribution in [0.15, 0.2) is 76.7 Å². The number of aromatic nitrogens is 1. The molecule has 1 aromatic heterocycles. The Balaban J connectivity index is 1.93. The van der Waals surface area contributed by atoms with Crippen LogP contribution in [-0.2, 0) is 0 Å². The van der Waals surface area contributed by atoms with Crippen molar-refractivity contribution < 1.29 is 4.39 Å². The van der Waals surface area contributed by atoms with Gasteiger partial charge in [-0.05, 0) is 56.5 Å². The molecule has 1 aliphatic rings. The largest absolute Gasteiger partial charge is 0.368 e. The SMILES string of the molecule is C=C(/N=C(\C(F)=C/C)c1cccc(-n2ccc(C)cc2=O)c1)NC1CCCCC1. The Hall–Kier alpha value is -2.95. The number of hydrogen-bond donors (Lipinski definition) is 1. The van der Waals surface area contributed by atoms with E-state index in [2.05, 4.69) is 16.9 Å². The van der Waals surface area contributed by atoms with Gasteiger partial charge >= 0.3 is 0 Å². The van der Waals surface area contributed by atoms with Crippen molar-refractivity contribution in [1.82, 2.24) is 9.88 Å². The van der Waals surface area contributed by atoms with Gasteiger partial charge in [0, 0.05) is 29.6 Å². The summed E-state index contributed by atoms with van der Waals surface area (Å²) in [4.78, 5) is 16.8. The molecule has 0 unspecified atom stereocenters. The minimum absolute atomic E-state index is 0.129. The predicted molar refractivity (Wildman–Crippen MR) is 117 cm³/mol. The molecule has 5 heteroatoms. The van der Waals surface area contributed by atoms with Crippen molar-refractivity contribution in [3.63, 3.8) is 0 Å². The second-order valence-electron chi connectivity index (χ2n) is 7.49. The molecule has 3 rings (SSSR count). The number of aliphatic imine (C=N–C) groups is 1. The molecule has 0 aliphatic heterocycles. The zero-order valence-corrected chi connectivity index (χ0v) is 17.1. The second kappa shape index (κ2) is 9.50.